The van der Waals surface area contributed by atoms with Crippen LogP contribution in [0.1, 0.15) is 6.92 Å². The van der Waals surface area contributed by atoms with Gasteiger partial charge < -0.3 is 9.47 Å². The zero-order chi connectivity index (χ0) is 8.69. The third kappa shape index (κ3) is 6.30. The monoisotopic (exact) mass is 156 g/mol. The lowest BCUT2D eigenvalue weighted by Crippen LogP contribution is -1.95. The van der Waals surface area contributed by atoms with Crippen LogP contribution in [0.2, 0.25) is 0 Å². The van der Waals surface area contributed by atoms with Gasteiger partial charge in [-0.2, -0.15) is 0 Å². The van der Waals surface area contributed by atoms with Crippen LogP contribution < -0.4 is 0 Å². The van der Waals surface area contributed by atoms with Gasteiger partial charge in [0.15, 0.2) is 0 Å². The van der Waals surface area contributed by atoms with E-state index in [0.29, 0.717) is 0 Å². The predicted octanol–water partition coefficient (Wildman–Crippen LogP) is 0.750. The van der Waals surface area contributed by atoms with Crippen molar-refractivity contribution >= 4 is 11.9 Å². The van der Waals surface area contributed by atoms with E-state index in [4.69, 9.17) is 0 Å². The molecule has 0 amide bonds. The van der Waals surface area contributed by atoms with Crippen LogP contribution in [0.15, 0.2) is 25.2 Å². The predicted molar refractivity (Wildman–Crippen MR) is 37.2 cm³/mol. The SMILES string of the molecule is C=COC(=O)C=COC(C)=O. The quantitative estimate of drug-likeness (QED) is 0.343. The van der Waals surface area contributed by atoms with E-state index in [1.54, 1.807) is 0 Å². The number of hydrogen-bond acceptors (Lipinski definition) is 4. The minimum absolute atomic E-state index is 0.493. The highest BCUT2D eigenvalue weighted by Crippen LogP contribution is 1.83. The first-order chi connectivity index (χ1) is 5.16. The van der Waals surface area contributed by atoms with Crippen molar-refractivity contribution < 1.29 is 19.1 Å². The number of hydrogen-bond donors (Lipinski definition) is 0. The molecule has 0 aromatic heterocycles. The van der Waals surface area contributed by atoms with Gasteiger partial charge in [0.1, 0.15) is 6.26 Å². The summed E-state index contributed by atoms with van der Waals surface area (Å²) in [6, 6.07) is 0. The van der Waals surface area contributed by atoms with Gasteiger partial charge in [0.25, 0.3) is 0 Å². The molecule has 60 valence electrons. The van der Waals surface area contributed by atoms with E-state index >= 15 is 0 Å². The van der Waals surface area contributed by atoms with Crippen molar-refractivity contribution in [3.63, 3.8) is 0 Å². The maximum atomic E-state index is 10.5. The van der Waals surface area contributed by atoms with Crippen LogP contribution in [0.3, 0.4) is 0 Å². The van der Waals surface area contributed by atoms with E-state index in [9.17, 15) is 9.59 Å². The largest absolute Gasteiger partial charge is 0.434 e. The van der Waals surface area contributed by atoms with Crippen molar-refractivity contribution in [3.05, 3.63) is 25.2 Å². The van der Waals surface area contributed by atoms with Crippen LogP contribution >= 0.6 is 0 Å². The molecule has 0 aliphatic carbocycles. The Bertz CT molecular complexity index is 193. The zero-order valence-corrected chi connectivity index (χ0v) is 6.07. The Balaban J connectivity index is 3.64. The number of rotatable bonds is 3. The minimum atomic E-state index is -0.638. The molecule has 0 aromatic rings. The molecule has 0 radical (unpaired) electrons. The summed E-state index contributed by atoms with van der Waals surface area (Å²) in [6.45, 7) is 4.38. The Labute approximate surface area is 64.1 Å². The molecular weight excluding hydrogens is 148 g/mol. The van der Waals surface area contributed by atoms with Gasteiger partial charge in [-0.1, -0.05) is 6.58 Å². The highest BCUT2D eigenvalue weighted by molar-refractivity contribution is 5.82. The zero-order valence-electron chi connectivity index (χ0n) is 6.07. The summed E-state index contributed by atoms with van der Waals surface area (Å²) in [4.78, 5) is 20.6. The van der Waals surface area contributed by atoms with E-state index in [1.807, 2.05) is 0 Å². The van der Waals surface area contributed by atoms with Gasteiger partial charge in [0.2, 0.25) is 0 Å². The Morgan fingerprint density at radius 3 is 2.45 bits per heavy atom. The molecule has 0 fully saturated rings. The Morgan fingerprint density at radius 2 is 2.00 bits per heavy atom. The Hall–Kier alpha value is -1.58. The van der Waals surface area contributed by atoms with E-state index in [0.717, 1.165) is 18.6 Å². The van der Waals surface area contributed by atoms with Gasteiger partial charge in [0, 0.05) is 6.92 Å². The third-order valence-electron chi connectivity index (χ3n) is 0.638. The highest BCUT2D eigenvalue weighted by Gasteiger charge is 1.92. The summed E-state index contributed by atoms with van der Waals surface area (Å²) in [5.74, 6) is -1.13. The maximum Gasteiger partial charge on any atom is 0.338 e. The first-order valence-corrected chi connectivity index (χ1v) is 2.82. The number of carbonyl (C=O) groups is 2. The lowest BCUT2D eigenvalue weighted by atomic mass is 10.6. The Morgan fingerprint density at radius 1 is 1.36 bits per heavy atom. The van der Waals surface area contributed by atoms with Crippen LogP contribution in [-0.2, 0) is 19.1 Å². The summed E-state index contributed by atoms with van der Waals surface area (Å²) < 4.78 is 8.57. The fourth-order valence-corrected chi connectivity index (χ4v) is 0.307. The normalized spacial score (nSPS) is 9.18. The molecule has 11 heavy (non-hydrogen) atoms. The van der Waals surface area contributed by atoms with Crippen molar-refractivity contribution in [2.45, 2.75) is 6.92 Å². The third-order valence-corrected chi connectivity index (χ3v) is 0.638. The molecule has 0 atom stereocenters. The average Bonchev–Trinajstić information content (AvgIpc) is 1.87. The van der Waals surface area contributed by atoms with Crippen molar-refractivity contribution in [2.24, 2.45) is 0 Å². The highest BCUT2D eigenvalue weighted by atomic mass is 16.5. The lowest BCUT2D eigenvalue weighted by molar-refractivity contribution is -0.135. The minimum Gasteiger partial charge on any atom is -0.434 e. The summed E-state index contributed by atoms with van der Waals surface area (Å²) in [6.07, 6.45) is 2.91. The number of esters is 2. The van der Waals surface area contributed by atoms with E-state index in [1.165, 1.54) is 6.92 Å². The average molecular weight is 156 g/mol. The standard InChI is InChI=1S/C7H8O4/c1-3-10-7(9)4-5-11-6(2)8/h3-5H,1H2,2H3. The van der Waals surface area contributed by atoms with Gasteiger partial charge in [0.05, 0.1) is 12.3 Å². The lowest BCUT2D eigenvalue weighted by Gasteiger charge is -1.90. The van der Waals surface area contributed by atoms with Gasteiger partial charge in [-0.15, -0.1) is 0 Å². The van der Waals surface area contributed by atoms with Crippen LogP contribution in [-0.4, -0.2) is 11.9 Å². The first kappa shape index (κ1) is 9.42. The van der Waals surface area contributed by atoms with Crippen LogP contribution in [0.5, 0.6) is 0 Å². The van der Waals surface area contributed by atoms with Gasteiger partial charge in [-0.3, -0.25) is 4.79 Å². The van der Waals surface area contributed by atoms with Crippen LogP contribution in [0, 0.1) is 0 Å². The van der Waals surface area contributed by atoms with Gasteiger partial charge in [-0.05, 0) is 0 Å². The second kappa shape index (κ2) is 5.22. The smallest absolute Gasteiger partial charge is 0.338 e. The fraction of sp³-hybridized carbons (Fsp3) is 0.143. The molecule has 0 N–H and O–H groups in total. The molecule has 4 heteroatoms. The molecular formula is C7H8O4. The topological polar surface area (TPSA) is 52.6 Å². The second-order valence-electron chi connectivity index (χ2n) is 1.52. The van der Waals surface area contributed by atoms with Crippen molar-refractivity contribution in [1.82, 2.24) is 0 Å². The van der Waals surface area contributed by atoms with Crippen molar-refractivity contribution in [2.75, 3.05) is 0 Å². The molecule has 0 aliphatic heterocycles. The van der Waals surface area contributed by atoms with Crippen LogP contribution in [0.25, 0.3) is 0 Å². The summed E-state index contributed by atoms with van der Waals surface area (Å²) in [7, 11) is 0. The molecule has 0 rings (SSSR count). The van der Waals surface area contributed by atoms with Gasteiger partial charge >= 0.3 is 11.9 Å². The maximum absolute atomic E-state index is 10.5. The molecule has 0 spiro atoms. The number of ether oxygens (including phenoxy) is 2. The molecule has 0 bridgehead atoms. The molecule has 0 saturated heterocycles. The summed E-state index contributed by atoms with van der Waals surface area (Å²) in [5, 5.41) is 0. The van der Waals surface area contributed by atoms with Gasteiger partial charge in [-0.25, -0.2) is 4.79 Å². The second-order valence-corrected chi connectivity index (χ2v) is 1.52. The van der Waals surface area contributed by atoms with E-state index in [2.05, 4.69) is 16.1 Å². The molecule has 0 unspecified atom stereocenters. The molecule has 0 aromatic carbocycles. The fourth-order valence-electron chi connectivity index (χ4n) is 0.307. The summed E-state index contributed by atoms with van der Waals surface area (Å²) >= 11 is 0. The Kier molecular flexibility index (Phi) is 4.47. The molecule has 0 saturated carbocycles. The van der Waals surface area contributed by atoms with Crippen molar-refractivity contribution in [3.8, 4) is 0 Å². The molecule has 4 nitrogen and oxygen atoms in total. The van der Waals surface area contributed by atoms with E-state index < -0.39 is 11.9 Å². The van der Waals surface area contributed by atoms with E-state index in [-0.39, 0.29) is 0 Å². The van der Waals surface area contributed by atoms with Crippen LogP contribution in [0.4, 0.5) is 0 Å². The number of carbonyl (C=O) groups excluding carboxylic acids is 2. The summed E-state index contributed by atoms with van der Waals surface area (Å²) in [5.41, 5.74) is 0. The molecule has 0 heterocycles. The van der Waals surface area contributed by atoms with Crippen molar-refractivity contribution in [1.29, 1.82) is 0 Å². The first-order valence-electron chi connectivity index (χ1n) is 2.82. The molecule has 0 aliphatic rings.